The molecule has 1 fully saturated rings. The number of carbonyl (C=O) groups is 1. The number of hydrogen-bond acceptors (Lipinski definition) is 2. The van der Waals surface area contributed by atoms with E-state index >= 15 is 0 Å². The summed E-state index contributed by atoms with van der Waals surface area (Å²) >= 11 is 5.23. The first-order valence-corrected chi connectivity index (χ1v) is 7.51. The van der Waals surface area contributed by atoms with Gasteiger partial charge < -0.3 is 5.32 Å². The van der Waals surface area contributed by atoms with E-state index in [1.165, 1.54) is 0 Å². The third kappa shape index (κ3) is 2.68. The molecule has 1 amide bonds. The van der Waals surface area contributed by atoms with Crippen LogP contribution in [0, 0.1) is 6.92 Å². The topological polar surface area (TPSA) is 29.1 Å². The SMILES string of the molecule is Cc1c(Br)cccc1NC(=O)C1(C)CCCS1. The van der Waals surface area contributed by atoms with E-state index < -0.39 is 0 Å². The molecular formula is C13H16BrNOS. The van der Waals surface area contributed by atoms with Gasteiger partial charge in [-0.2, -0.15) is 0 Å². The van der Waals surface area contributed by atoms with Gasteiger partial charge in [-0.05, 0) is 50.1 Å². The molecule has 1 aromatic rings. The van der Waals surface area contributed by atoms with E-state index in [-0.39, 0.29) is 10.7 Å². The Kier molecular flexibility index (Phi) is 3.83. The van der Waals surface area contributed by atoms with Gasteiger partial charge in [0.15, 0.2) is 0 Å². The molecule has 1 aromatic carbocycles. The Labute approximate surface area is 115 Å². The van der Waals surface area contributed by atoms with Crippen LogP contribution in [0.4, 0.5) is 5.69 Å². The number of amides is 1. The highest BCUT2D eigenvalue weighted by Crippen LogP contribution is 2.39. The van der Waals surface area contributed by atoms with Gasteiger partial charge in [-0.3, -0.25) is 4.79 Å². The second-order valence-corrected chi connectivity index (χ2v) is 7.00. The fourth-order valence-corrected chi connectivity index (χ4v) is 3.53. The highest BCUT2D eigenvalue weighted by Gasteiger charge is 2.37. The van der Waals surface area contributed by atoms with Gasteiger partial charge in [0, 0.05) is 10.2 Å². The number of carbonyl (C=O) groups excluding carboxylic acids is 1. The van der Waals surface area contributed by atoms with Crippen molar-refractivity contribution in [2.24, 2.45) is 0 Å². The summed E-state index contributed by atoms with van der Waals surface area (Å²) in [7, 11) is 0. The van der Waals surface area contributed by atoms with Crippen molar-refractivity contribution >= 4 is 39.3 Å². The van der Waals surface area contributed by atoms with Gasteiger partial charge in [0.25, 0.3) is 0 Å². The number of anilines is 1. The van der Waals surface area contributed by atoms with Crippen LogP contribution in [0.25, 0.3) is 0 Å². The van der Waals surface area contributed by atoms with E-state index in [2.05, 4.69) is 21.2 Å². The quantitative estimate of drug-likeness (QED) is 0.894. The van der Waals surface area contributed by atoms with Crippen molar-refractivity contribution in [3.05, 3.63) is 28.2 Å². The number of thioether (sulfide) groups is 1. The lowest BCUT2D eigenvalue weighted by atomic mass is 10.0. The van der Waals surface area contributed by atoms with Crippen molar-refractivity contribution < 1.29 is 4.79 Å². The number of rotatable bonds is 2. The zero-order chi connectivity index (χ0) is 12.5. The molecule has 0 radical (unpaired) electrons. The normalized spacial score (nSPS) is 23.7. The molecular weight excluding hydrogens is 298 g/mol. The maximum Gasteiger partial charge on any atom is 0.240 e. The molecule has 92 valence electrons. The molecule has 17 heavy (non-hydrogen) atoms. The Morgan fingerprint density at radius 3 is 2.94 bits per heavy atom. The third-order valence-electron chi connectivity index (χ3n) is 3.22. The Bertz CT molecular complexity index is 441. The molecule has 2 nitrogen and oxygen atoms in total. The molecule has 2 rings (SSSR count). The highest BCUT2D eigenvalue weighted by molar-refractivity contribution is 9.10. The van der Waals surface area contributed by atoms with E-state index in [9.17, 15) is 4.79 Å². The average molecular weight is 314 g/mol. The highest BCUT2D eigenvalue weighted by atomic mass is 79.9. The van der Waals surface area contributed by atoms with E-state index in [1.807, 2.05) is 32.0 Å². The van der Waals surface area contributed by atoms with Gasteiger partial charge in [0.2, 0.25) is 5.91 Å². The molecule has 0 aromatic heterocycles. The molecule has 0 bridgehead atoms. The van der Waals surface area contributed by atoms with Gasteiger partial charge in [0.05, 0.1) is 4.75 Å². The Morgan fingerprint density at radius 2 is 2.29 bits per heavy atom. The monoisotopic (exact) mass is 313 g/mol. The van der Waals surface area contributed by atoms with E-state index in [1.54, 1.807) is 11.8 Å². The predicted molar refractivity (Wildman–Crippen MR) is 77.6 cm³/mol. The van der Waals surface area contributed by atoms with Crippen molar-refractivity contribution in [2.75, 3.05) is 11.1 Å². The third-order valence-corrected chi connectivity index (χ3v) is 5.59. The molecule has 1 heterocycles. The molecule has 4 heteroatoms. The first kappa shape index (κ1) is 13.0. The zero-order valence-electron chi connectivity index (χ0n) is 10.0. The fraction of sp³-hybridized carbons (Fsp3) is 0.462. The van der Waals surface area contributed by atoms with Gasteiger partial charge in [0.1, 0.15) is 0 Å². The molecule has 0 spiro atoms. The standard InChI is InChI=1S/C13H16BrNOS/c1-9-10(14)5-3-6-11(9)15-12(16)13(2)7-4-8-17-13/h3,5-6H,4,7-8H2,1-2H3,(H,15,16). The van der Waals surface area contributed by atoms with Crippen LogP contribution in [0.3, 0.4) is 0 Å². The lowest BCUT2D eigenvalue weighted by Gasteiger charge is -2.22. The Balaban J connectivity index is 2.16. The minimum atomic E-state index is -0.255. The van der Waals surface area contributed by atoms with E-state index in [4.69, 9.17) is 0 Å². The van der Waals surface area contributed by atoms with E-state index in [0.717, 1.165) is 34.3 Å². The second kappa shape index (κ2) is 5.02. The van der Waals surface area contributed by atoms with Crippen molar-refractivity contribution in [1.82, 2.24) is 0 Å². The summed E-state index contributed by atoms with van der Waals surface area (Å²) in [5, 5.41) is 3.04. The summed E-state index contributed by atoms with van der Waals surface area (Å²) in [6.07, 6.45) is 2.10. The summed E-state index contributed by atoms with van der Waals surface area (Å²) in [5.41, 5.74) is 1.98. The van der Waals surface area contributed by atoms with Crippen LogP contribution in [0.2, 0.25) is 0 Å². The summed E-state index contributed by atoms with van der Waals surface area (Å²) in [6.45, 7) is 4.04. The minimum absolute atomic E-state index is 0.126. The first-order chi connectivity index (χ1) is 8.03. The maximum atomic E-state index is 12.3. The second-order valence-electron chi connectivity index (χ2n) is 4.55. The summed E-state index contributed by atoms with van der Waals surface area (Å²) in [4.78, 5) is 12.3. The number of hydrogen-bond donors (Lipinski definition) is 1. The van der Waals surface area contributed by atoms with Crippen LogP contribution in [0.15, 0.2) is 22.7 Å². The van der Waals surface area contributed by atoms with Crippen LogP contribution in [-0.2, 0) is 4.79 Å². The van der Waals surface area contributed by atoms with Crippen LogP contribution < -0.4 is 5.32 Å². The molecule has 1 N–H and O–H groups in total. The molecule has 1 saturated heterocycles. The summed E-state index contributed by atoms with van der Waals surface area (Å²) < 4.78 is 0.772. The molecule has 1 aliphatic rings. The lowest BCUT2D eigenvalue weighted by Crippen LogP contribution is -2.34. The smallest absolute Gasteiger partial charge is 0.240 e. The van der Waals surface area contributed by atoms with Crippen molar-refractivity contribution in [1.29, 1.82) is 0 Å². The first-order valence-electron chi connectivity index (χ1n) is 5.73. The lowest BCUT2D eigenvalue weighted by molar-refractivity contribution is -0.118. The van der Waals surface area contributed by atoms with Gasteiger partial charge in [-0.15, -0.1) is 11.8 Å². The maximum absolute atomic E-state index is 12.3. The molecule has 1 aliphatic heterocycles. The van der Waals surface area contributed by atoms with Crippen molar-refractivity contribution in [3.63, 3.8) is 0 Å². The minimum Gasteiger partial charge on any atom is -0.325 e. The molecule has 1 atom stereocenters. The zero-order valence-corrected chi connectivity index (χ0v) is 12.5. The largest absolute Gasteiger partial charge is 0.325 e. The van der Waals surface area contributed by atoms with Crippen molar-refractivity contribution in [3.8, 4) is 0 Å². The molecule has 1 unspecified atom stereocenters. The number of halogens is 1. The number of benzene rings is 1. The predicted octanol–water partition coefficient (Wildman–Crippen LogP) is 3.98. The molecule has 0 saturated carbocycles. The summed E-state index contributed by atoms with van der Waals surface area (Å²) in [5.74, 6) is 1.21. The van der Waals surface area contributed by atoms with Crippen LogP contribution in [0.1, 0.15) is 25.3 Å². The van der Waals surface area contributed by atoms with Gasteiger partial charge in [-0.25, -0.2) is 0 Å². The fourth-order valence-electron chi connectivity index (χ4n) is 1.96. The van der Waals surface area contributed by atoms with Crippen LogP contribution in [-0.4, -0.2) is 16.4 Å². The Morgan fingerprint density at radius 1 is 1.53 bits per heavy atom. The van der Waals surface area contributed by atoms with Gasteiger partial charge in [-0.1, -0.05) is 22.0 Å². The van der Waals surface area contributed by atoms with Crippen LogP contribution >= 0.6 is 27.7 Å². The number of nitrogens with one attached hydrogen (secondary N) is 1. The van der Waals surface area contributed by atoms with Crippen LogP contribution in [0.5, 0.6) is 0 Å². The van der Waals surface area contributed by atoms with Crippen molar-refractivity contribution in [2.45, 2.75) is 31.4 Å². The van der Waals surface area contributed by atoms with E-state index in [0.29, 0.717) is 0 Å². The average Bonchev–Trinajstić information content (AvgIpc) is 2.73. The Hall–Kier alpha value is -0.480. The molecule has 0 aliphatic carbocycles. The summed E-state index contributed by atoms with van der Waals surface area (Å²) in [6, 6.07) is 5.87. The van der Waals surface area contributed by atoms with Gasteiger partial charge >= 0.3 is 0 Å².